The number of fused-ring (bicyclic) bond motifs is 1. The van der Waals surface area contributed by atoms with Crippen molar-refractivity contribution in [2.45, 2.75) is 38.6 Å². The average Bonchev–Trinajstić information content (AvgIpc) is 3.02. The number of sulfone groups is 1. The van der Waals surface area contributed by atoms with Gasteiger partial charge in [-0.25, -0.2) is 8.42 Å². The Labute approximate surface area is 124 Å². The molecule has 0 saturated carbocycles. The third kappa shape index (κ3) is 2.97. The normalized spacial score (nSPS) is 23.8. The lowest BCUT2D eigenvalue weighted by atomic mass is 9.96. The summed E-state index contributed by atoms with van der Waals surface area (Å²) in [5.41, 5.74) is 1.96. The van der Waals surface area contributed by atoms with Crippen LogP contribution in [0.1, 0.15) is 36.3 Å². The van der Waals surface area contributed by atoms with E-state index in [1.807, 2.05) is 0 Å². The summed E-state index contributed by atoms with van der Waals surface area (Å²) in [6.07, 6.45) is 4.55. The smallest absolute Gasteiger partial charge is 0.226 e. The van der Waals surface area contributed by atoms with Gasteiger partial charge in [0.2, 0.25) is 5.91 Å². The Bertz CT molecular complexity index is 650. The molecule has 2 heterocycles. The fraction of sp³-hybridized carbons (Fsp3) is 0.714. The van der Waals surface area contributed by atoms with E-state index in [9.17, 15) is 13.2 Å². The number of nitrogens with zero attached hydrogens (tertiary/aromatic N) is 2. The Kier molecular flexibility index (Phi) is 3.77. The third-order valence-corrected chi connectivity index (χ3v) is 6.14. The van der Waals surface area contributed by atoms with Crippen molar-refractivity contribution in [3.05, 3.63) is 17.0 Å². The minimum Gasteiger partial charge on any atom is -0.361 e. The summed E-state index contributed by atoms with van der Waals surface area (Å²) < 4.78 is 28.3. The van der Waals surface area contributed by atoms with Gasteiger partial charge in [-0.3, -0.25) is 4.79 Å². The van der Waals surface area contributed by atoms with Crippen molar-refractivity contribution in [2.75, 3.05) is 18.6 Å². The lowest BCUT2D eigenvalue weighted by Crippen LogP contribution is -2.33. The Hall–Kier alpha value is -1.37. The molecule has 0 spiro atoms. The third-order valence-electron chi connectivity index (χ3n) is 4.38. The molecule has 0 aromatic carbocycles. The predicted molar refractivity (Wildman–Crippen MR) is 76.4 cm³/mol. The van der Waals surface area contributed by atoms with Crippen molar-refractivity contribution >= 4 is 15.7 Å². The van der Waals surface area contributed by atoms with Crippen LogP contribution >= 0.6 is 0 Å². The first-order chi connectivity index (χ1) is 9.96. The number of rotatable bonds is 3. The van der Waals surface area contributed by atoms with Crippen LogP contribution < -0.4 is 0 Å². The standard InChI is InChI=1S/C14H20N2O4S/c1-16(14(17)10-6-7-21(18,19)9-10)8-12-11-4-2-3-5-13(11)20-15-12/h10H,2-9H2,1H3/t10-/m1/s1. The second-order valence-electron chi connectivity index (χ2n) is 6.03. The van der Waals surface area contributed by atoms with E-state index in [1.165, 1.54) is 0 Å². The molecular formula is C14H20N2O4S. The molecule has 1 saturated heterocycles. The molecule has 0 radical (unpaired) electrons. The van der Waals surface area contributed by atoms with E-state index in [0.29, 0.717) is 13.0 Å². The van der Waals surface area contributed by atoms with Gasteiger partial charge in [-0.05, 0) is 25.7 Å². The number of amides is 1. The molecular weight excluding hydrogens is 292 g/mol. The number of carbonyl (C=O) groups excluding carboxylic acids is 1. The van der Waals surface area contributed by atoms with E-state index in [1.54, 1.807) is 11.9 Å². The van der Waals surface area contributed by atoms with Crippen LogP contribution in [0.4, 0.5) is 0 Å². The maximum absolute atomic E-state index is 12.3. The van der Waals surface area contributed by atoms with Crippen molar-refractivity contribution in [3.63, 3.8) is 0 Å². The first-order valence-electron chi connectivity index (χ1n) is 7.38. The summed E-state index contributed by atoms with van der Waals surface area (Å²) in [4.78, 5) is 13.9. The van der Waals surface area contributed by atoms with Crippen molar-refractivity contribution in [3.8, 4) is 0 Å². The minimum atomic E-state index is -3.03. The van der Waals surface area contributed by atoms with E-state index >= 15 is 0 Å². The monoisotopic (exact) mass is 312 g/mol. The zero-order valence-corrected chi connectivity index (χ0v) is 13.0. The summed E-state index contributed by atoms with van der Waals surface area (Å²) >= 11 is 0. The largest absolute Gasteiger partial charge is 0.361 e. The van der Waals surface area contributed by atoms with Crippen LogP contribution in [0.15, 0.2) is 4.52 Å². The Morgan fingerprint density at radius 1 is 1.38 bits per heavy atom. The molecule has 1 aliphatic heterocycles. The summed E-state index contributed by atoms with van der Waals surface area (Å²) in [7, 11) is -1.33. The van der Waals surface area contributed by atoms with Crippen LogP contribution in [0.5, 0.6) is 0 Å². The van der Waals surface area contributed by atoms with Gasteiger partial charge in [0.05, 0.1) is 24.0 Å². The molecule has 1 atom stereocenters. The van der Waals surface area contributed by atoms with E-state index in [2.05, 4.69) is 5.16 Å². The van der Waals surface area contributed by atoms with Crippen LogP contribution in [0, 0.1) is 5.92 Å². The Morgan fingerprint density at radius 3 is 2.86 bits per heavy atom. The van der Waals surface area contributed by atoms with Crippen LogP contribution in [0.3, 0.4) is 0 Å². The van der Waals surface area contributed by atoms with E-state index < -0.39 is 15.8 Å². The second-order valence-corrected chi connectivity index (χ2v) is 8.26. The SMILES string of the molecule is CN(Cc1noc2c1CCCC2)C(=O)[C@@H]1CCS(=O)(=O)C1. The van der Waals surface area contributed by atoms with Gasteiger partial charge in [0.1, 0.15) is 11.5 Å². The van der Waals surface area contributed by atoms with Gasteiger partial charge in [-0.2, -0.15) is 0 Å². The number of carbonyl (C=O) groups is 1. The molecule has 0 bridgehead atoms. The molecule has 6 nitrogen and oxygen atoms in total. The molecule has 0 unspecified atom stereocenters. The highest BCUT2D eigenvalue weighted by Crippen LogP contribution is 2.26. The van der Waals surface area contributed by atoms with Gasteiger partial charge < -0.3 is 9.42 Å². The summed E-state index contributed by atoms with van der Waals surface area (Å²) in [6, 6.07) is 0. The van der Waals surface area contributed by atoms with E-state index in [-0.39, 0.29) is 17.4 Å². The summed E-state index contributed by atoms with van der Waals surface area (Å²) in [6.45, 7) is 0.397. The van der Waals surface area contributed by atoms with Crippen molar-refractivity contribution in [1.82, 2.24) is 10.1 Å². The average molecular weight is 312 g/mol. The molecule has 3 rings (SSSR count). The molecule has 7 heteroatoms. The molecule has 1 aromatic heterocycles. The van der Waals surface area contributed by atoms with Gasteiger partial charge in [0, 0.05) is 19.0 Å². The van der Waals surface area contributed by atoms with E-state index in [0.717, 1.165) is 42.7 Å². The highest BCUT2D eigenvalue weighted by Gasteiger charge is 2.35. The highest BCUT2D eigenvalue weighted by molar-refractivity contribution is 7.91. The fourth-order valence-electron chi connectivity index (χ4n) is 3.18. The highest BCUT2D eigenvalue weighted by atomic mass is 32.2. The van der Waals surface area contributed by atoms with Gasteiger partial charge in [0.15, 0.2) is 9.84 Å². The molecule has 1 aromatic rings. The van der Waals surface area contributed by atoms with Gasteiger partial charge >= 0.3 is 0 Å². The van der Waals surface area contributed by atoms with Crippen molar-refractivity contribution < 1.29 is 17.7 Å². The minimum absolute atomic E-state index is 0.0207. The van der Waals surface area contributed by atoms with Crippen LogP contribution in [0.2, 0.25) is 0 Å². The number of aromatic nitrogens is 1. The maximum Gasteiger partial charge on any atom is 0.226 e. The number of aryl methyl sites for hydroxylation is 1. The first-order valence-corrected chi connectivity index (χ1v) is 9.20. The van der Waals surface area contributed by atoms with Gasteiger partial charge in [-0.1, -0.05) is 5.16 Å². The second kappa shape index (κ2) is 5.44. The molecule has 21 heavy (non-hydrogen) atoms. The first kappa shape index (κ1) is 14.6. The van der Waals surface area contributed by atoms with Crippen LogP contribution in [-0.2, 0) is 34.0 Å². The summed E-state index contributed by atoms with van der Waals surface area (Å²) in [5, 5.41) is 4.09. The Balaban J connectivity index is 1.68. The molecule has 1 fully saturated rings. The lowest BCUT2D eigenvalue weighted by Gasteiger charge is -2.20. The Morgan fingerprint density at radius 2 is 2.14 bits per heavy atom. The zero-order chi connectivity index (χ0) is 15.0. The lowest BCUT2D eigenvalue weighted by molar-refractivity contribution is -0.134. The topological polar surface area (TPSA) is 80.5 Å². The van der Waals surface area contributed by atoms with Crippen molar-refractivity contribution in [2.24, 2.45) is 5.92 Å². The molecule has 2 aliphatic rings. The van der Waals surface area contributed by atoms with Gasteiger partial charge in [0.25, 0.3) is 0 Å². The molecule has 1 amide bonds. The molecule has 116 valence electrons. The van der Waals surface area contributed by atoms with Crippen LogP contribution in [0.25, 0.3) is 0 Å². The fourth-order valence-corrected chi connectivity index (χ4v) is 4.91. The number of hydrogen-bond donors (Lipinski definition) is 0. The number of hydrogen-bond acceptors (Lipinski definition) is 5. The van der Waals surface area contributed by atoms with Crippen molar-refractivity contribution in [1.29, 1.82) is 0 Å². The molecule has 1 aliphatic carbocycles. The van der Waals surface area contributed by atoms with Gasteiger partial charge in [-0.15, -0.1) is 0 Å². The predicted octanol–water partition coefficient (Wildman–Crippen LogP) is 0.946. The molecule has 0 N–H and O–H groups in total. The quantitative estimate of drug-likeness (QED) is 0.830. The summed E-state index contributed by atoms with van der Waals surface area (Å²) in [5.74, 6) is 0.538. The van der Waals surface area contributed by atoms with Crippen LogP contribution in [-0.4, -0.2) is 42.9 Å². The maximum atomic E-state index is 12.3. The zero-order valence-electron chi connectivity index (χ0n) is 12.2. The van der Waals surface area contributed by atoms with E-state index in [4.69, 9.17) is 4.52 Å².